The van der Waals surface area contributed by atoms with Gasteiger partial charge in [-0.15, -0.1) is 0 Å². The first-order valence-electron chi connectivity index (χ1n) is 6.70. The maximum absolute atomic E-state index is 12.5. The number of hydrogen-bond acceptors (Lipinski definition) is 4. The minimum atomic E-state index is -0.316. The first-order chi connectivity index (χ1) is 10.0. The maximum Gasteiger partial charge on any atom is 0.278 e. The van der Waals surface area contributed by atoms with Crippen LogP contribution in [0.1, 0.15) is 23.7 Å². The largest absolute Gasteiger partial charge is 0.505 e. The second-order valence-electron chi connectivity index (χ2n) is 5.18. The molecule has 2 heterocycles. The number of hydrogen-bond donors (Lipinski definition) is 1. The summed E-state index contributed by atoms with van der Waals surface area (Å²) in [6, 6.07) is 7.52. The summed E-state index contributed by atoms with van der Waals surface area (Å²) >= 11 is 0. The summed E-state index contributed by atoms with van der Waals surface area (Å²) in [6.07, 6.45) is 0. The van der Waals surface area contributed by atoms with Gasteiger partial charge in [-0.05, 0) is 25.5 Å². The van der Waals surface area contributed by atoms with Gasteiger partial charge < -0.3 is 9.84 Å². The number of para-hydroxylation sites is 1. The third-order valence-electron chi connectivity index (χ3n) is 3.66. The normalized spacial score (nSPS) is 13.9. The highest BCUT2D eigenvalue weighted by Gasteiger charge is 2.25. The highest BCUT2D eigenvalue weighted by atomic mass is 16.5. The fourth-order valence-electron chi connectivity index (χ4n) is 2.62. The lowest BCUT2D eigenvalue weighted by atomic mass is 9.91. The number of fused-ring (bicyclic) bond motifs is 1. The molecule has 0 amide bonds. The van der Waals surface area contributed by atoms with Crippen LogP contribution in [0.25, 0.3) is 5.57 Å². The summed E-state index contributed by atoms with van der Waals surface area (Å²) < 4.78 is 6.92. The Kier molecular flexibility index (Phi) is 3.05. The molecule has 0 radical (unpaired) electrons. The van der Waals surface area contributed by atoms with Crippen molar-refractivity contribution in [2.45, 2.75) is 13.8 Å². The van der Waals surface area contributed by atoms with Crippen LogP contribution in [-0.2, 0) is 7.05 Å². The molecule has 21 heavy (non-hydrogen) atoms. The highest BCUT2D eigenvalue weighted by molar-refractivity contribution is 5.87. The van der Waals surface area contributed by atoms with Gasteiger partial charge in [-0.3, -0.25) is 4.79 Å². The lowest BCUT2D eigenvalue weighted by molar-refractivity contribution is 0.346. The molecule has 1 aromatic carbocycles. The minimum absolute atomic E-state index is 0.0656. The fourth-order valence-corrected chi connectivity index (χ4v) is 2.62. The Balaban J connectivity index is 2.38. The summed E-state index contributed by atoms with van der Waals surface area (Å²) in [5.74, 6) is 0.651. The monoisotopic (exact) mass is 284 g/mol. The Morgan fingerprint density at radius 1 is 1.29 bits per heavy atom. The van der Waals surface area contributed by atoms with E-state index in [-0.39, 0.29) is 11.3 Å². The van der Waals surface area contributed by atoms with Crippen molar-refractivity contribution in [2.75, 3.05) is 6.61 Å². The molecule has 1 aromatic heterocycles. The summed E-state index contributed by atoms with van der Waals surface area (Å²) in [7, 11) is 1.58. The SMILES string of the molecule is CC1=C(c2c(O)c(C)nn(C)c2=O)c2ccccc2OC1. The van der Waals surface area contributed by atoms with Crippen molar-refractivity contribution in [1.82, 2.24) is 9.78 Å². The van der Waals surface area contributed by atoms with E-state index < -0.39 is 0 Å². The summed E-state index contributed by atoms with van der Waals surface area (Å²) in [6.45, 7) is 3.98. The number of ether oxygens (including phenoxy) is 1. The van der Waals surface area contributed by atoms with Crippen LogP contribution in [-0.4, -0.2) is 21.5 Å². The van der Waals surface area contributed by atoms with E-state index in [1.54, 1.807) is 14.0 Å². The highest BCUT2D eigenvalue weighted by Crippen LogP contribution is 2.39. The van der Waals surface area contributed by atoms with Crippen LogP contribution < -0.4 is 10.3 Å². The van der Waals surface area contributed by atoms with Gasteiger partial charge in [0.2, 0.25) is 0 Å². The Morgan fingerprint density at radius 3 is 2.76 bits per heavy atom. The third-order valence-corrected chi connectivity index (χ3v) is 3.66. The third kappa shape index (κ3) is 2.01. The molecule has 1 aliphatic heterocycles. The smallest absolute Gasteiger partial charge is 0.278 e. The van der Waals surface area contributed by atoms with Gasteiger partial charge >= 0.3 is 0 Å². The Labute approximate surface area is 122 Å². The molecule has 2 aromatic rings. The van der Waals surface area contributed by atoms with Crippen LogP contribution in [0.2, 0.25) is 0 Å². The van der Waals surface area contributed by atoms with Crippen LogP contribution >= 0.6 is 0 Å². The second-order valence-corrected chi connectivity index (χ2v) is 5.18. The quantitative estimate of drug-likeness (QED) is 0.870. The molecular weight excluding hydrogens is 268 g/mol. The van der Waals surface area contributed by atoms with Gasteiger partial charge in [0.1, 0.15) is 18.1 Å². The van der Waals surface area contributed by atoms with E-state index in [2.05, 4.69) is 5.10 Å². The molecule has 108 valence electrons. The number of rotatable bonds is 1. The van der Waals surface area contributed by atoms with Gasteiger partial charge in [0, 0.05) is 18.2 Å². The predicted octanol–water partition coefficient (Wildman–Crippen LogP) is 2.01. The van der Waals surface area contributed by atoms with E-state index in [4.69, 9.17) is 4.74 Å². The molecule has 0 unspecified atom stereocenters. The average molecular weight is 284 g/mol. The van der Waals surface area contributed by atoms with Crippen LogP contribution in [0.3, 0.4) is 0 Å². The summed E-state index contributed by atoms with van der Waals surface area (Å²) in [4.78, 5) is 12.5. The number of aromatic hydroxyl groups is 1. The Morgan fingerprint density at radius 2 is 2.00 bits per heavy atom. The van der Waals surface area contributed by atoms with Crippen LogP contribution in [0.4, 0.5) is 0 Å². The summed E-state index contributed by atoms with van der Waals surface area (Å²) in [5.41, 5.74) is 2.87. The van der Waals surface area contributed by atoms with Crippen molar-refractivity contribution in [2.24, 2.45) is 7.05 Å². The van der Waals surface area contributed by atoms with Crippen molar-refractivity contribution in [3.05, 3.63) is 57.0 Å². The van der Waals surface area contributed by atoms with E-state index in [0.717, 1.165) is 16.7 Å². The Hall–Kier alpha value is -2.56. The molecule has 1 aliphatic rings. The molecule has 5 heteroatoms. The van der Waals surface area contributed by atoms with Gasteiger partial charge in [-0.2, -0.15) is 5.10 Å². The molecular formula is C16H16N2O3. The van der Waals surface area contributed by atoms with Crippen molar-refractivity contribution >= 4 is 5.57 Å². The number of aryl methyl sites for hydroxylation is 2. The van der Waals surface area contributed by atoms with Crippen LogP contribution in [0.15, 0.2) is 34.6 Å². The molecule has 0 atom stereocenters. The first-order valence-corrected chi connectivity index (χ1v) is 6.70. The van der Waals surface area contributed by atoms with Crippen molar-refractivity contribution in [3.63, 3.8) is 0 Å². The lowest BCUT2D eigenvalue weighted by Crippen LogP contribution is -2.26. The number of aromatic nitrogens is 2. The molecule has 1 N–H and O–H groups in total. The van der Waals surface area contributed by atoms with E-state index in [0.29, 0.717) is 23.6 Å². The van der Waals surface area contributed by atoms with Gasteiger partial charge in [0.25, 0.3) is 5.56 Å². The van der Waals surface area contributed by atoms with Gasteiger partial charge in [0.05, 0.1) is 5.56 Å². The average Bonchev–Trinajstić information content (AvgIpc) is 2.47. The predicted molar refractivity (Wildman–Crippen MR) is 79.5 cm³/mol. The second kappa shape index (κ2) is 4.77. The maximum atomic E-state index is 12.5. The minimum Gasteiger partial charge on any atom is -0.505 e. The number of benzene rings is 1. The zero-order chi connectivity index (χ0) is 15.1. The van der Waals surface area contributed by atoms with E-state index in [1.807, 2.05) is 31.2 Å². The molecule has 0 fully saturated rings. The van der Waals surface area contributed by atoms with Gasteiger partial charge in [0.15, 0.2) is 5.75 Å². The zero-order valence-corrected chi connectivity index (χ0v) is 12.2. The fraction of sp³-hybridized carbons (Fsp3) is 0.250. The van der Waals surface area contributed by atoms with E-state index >= 15 is 0 Å². The molecule has 0 bridgehead atoms. The number of nitrogens with zero attached hydrogens (tertiary/aromatic N) is 2. The molecule has 0 saturated carbocycles. The molecule has 0 spiro atoms. The Bertz CT molecular complexity index is 819. The molecule has 5 nitrogen and oxygen atoms in total. The standard InChI is InChI=1S/C16H16N2O3/c1-9-8-21-12-7-5-4-6-11(12)13(9)14-15(19)10(2)17-18(3)16(14)20/h4-7,19H,8H2,1-3H3. The van der Waals surface area contributed by atoms with E-state index in [1.165, 1.54) is 4.68 Å². The first kappa shape index (κ1) is 13.4. The lowest BCUT2D eigenvalue weighted by Gasteiger charge is -2.23. The summed E-state index contributed by atoms with van der Waals surface area (Å²) in [5, 5.41) is 14.4. The van der Waals surface area contributed by atoms with Crippen molar-refractivity contribution < 1.29 is 9.84 Å². The molecule has 3 rings (SSSR count). The van der Waals surface area contributed by atoms with Gasteiger partial charge in [-0.25, -0.2) is 4.68 Å². The van der Waals surface area contributed by atoms with Gasteiger partial charge in [-0.1, -0.05) is 18.2 Å². The topological polar surface area (TPSA) is 64.4 Å². The van der Waals surface area contributed by atoms with Crippen LogP contribution in [0, 0.1) is 6.92 Å². The van der Waals surface area contributed by atoms with Crippen molar-refractivity contribution in [1.29, 1.82) is 0 Å². The van der Waals surface area contributed by atoms with E-state index in [9.17, 15) is 9.90 Å². The van der Waals surface area contributed by atoms with Crippen molar-refractivity contribution in [3.8, 4) is 11.5 Å². The zero-order valence-electron chi connectivity index (χ0n) is 12.2. The molecule has 0 saturated heterocycles. The molecule has 0 aliphatic carbocycles. The van der Waals surface area contributed by atoms with Crippen LogP contribution in [0.5, 0.6) is 11.5 Å².